The molecule has 1 unspecified atom stereocenters. The number of nitrogens with zero attached hydrogens (tertiary/aromatic N) is 2. The van der Waals surface area contributed by atoms with Crippen LogP contribution in [0.25, 0.3) is 0 Å². The molecule has 9 heteroatoms. The van der Waals surface area contributed by atoms with E-state index in [0.29, 0.717) is 30.2 Å². The Labute approximate surface area is 208 Å². The van der Waals surface area contributed by atoms with Crippen LogP contribution in [0.3, 0.4) is 0 Å². The highest BCUT2D eigenvalue weighted by molar-refractivity contribution is 7.92. The minimum absolute atomic E-state index is 0.103. The van der Waals surface area contributed by atoms with Crippen molar-refractivity contribution < 1.29 is 18.0 Å². The van der Waals surface area contributed by atoms with Gasteiger partial charge in [-0.2, -0.15) is 0 Å². The Bertz CT molecular complexity index is 1050. The Hall–Kier alpha value is -2.58. The maximum absolute atomic E-state index is 13.2. The monoisotopic (exact) mass is 507 g/mol. The fraction of sp³-hybridized carbons (Fsp3) is 0.440. The van der Waals surface area contributed by atoms with Gasteiger partial charge >= 0.3 is 0 Å². The van der Waals surface area contributed by atoms with Crippen molar-refractivity contribution in [2.75, 3.05) is 23.7 Å². The van der Waals surface area contributed by atoms with Gasteiger partial charge in [0.05, 0.1) is 11.9 Å². The van der Waals surface area contributed by atoms with Crippen LogP contribution < -0.4 is 9.62 Å². The highest BCUT2D eigenvalue weighted by atomic mass is 35.5. The van der Waals surface area contributed by atoms with Gasteiger partial charge in [0.15, 0.2) is 0 Å². The molecule has 2 rings (SSSR count). The molecule has 7 nitrogen and oxygen atoms in total. The molecule has 2 aromatic carbocycles. The van der Waals surface area contributed by atoms with Gasteiger partial charge in [-0.3, -0.25) is 13.9 Å². The van der Waals surface area contributed by atoms with Crippen LogP contribution in [0, 0.1) is 0 Å². The molecule has 0 heterocycles. The van der Waals surface area contributed by atoms with Crippen LogP contribution in [-0.4, -0.2) is 50.5 Å². The molecule has 0 aliphatic heterocycles. The average molecular weight is 508 g/mol. The molecule has 0 saturated carbocycles. The average Bonchev–Trinajstić information content (AvgIpc) is 2.79. The number of halogens is 1. The van der Waals surface area contributed by atoms with Crippen LogP contribution in [0.1, 0.15) is 45.1 Å². The number of carbonyl (C=O) groups is 2. The topological polar surface area (TPSA) is 86.8 Å². The van der Waals surface area contributed by atoms with E-state index in [-0.39, 0.29) is 24.8 Å². The van der Waals surface area contributed by atoms with Crippen molar-refractivity contribution in [1.29, 1.82) is 0 Å². The highest BCUT2D eigenvalue weighted by Gasteiger charge is 2.26. The summed E-state index contributed by atoms with van der Waals surface area (Å²) < 4.78 is 25.9. The lowest BCUT2D eigenvalue weighted by atomic mass is 10.1. The molecule has 1 N–H and O–H groups in total. The second kappa shape index (κ2) is 13.3. The molecular formula is C25H34ClN3O4S. The minimum atomic E-state index is -3.56. The third kappa shape index (κ3) is 8.65. The molecule has 186 valence electrons. The normalized spacial score (nSPS) is 12.1. The molecule has 0 aromatic heterocycles. The summed E-state index contributed by atoms with van der Waals surface area (Å²) in [4.78, 5) is 27.4. The third-order valence-electron chi connectivity index (χ3n) is 5.44. The summed E-state index contributed by atoms with van der Waals surface area (Å²) >= 11 is 6.03. The van der Waals surface area contributed by atoms with Gasteiger partial charge in [-0.15, -0.1) is 0 Å². The second-order valence-corrected chi connectivity index (χ2v) is 10.6. The van der Waals surface area contributed by atoms with Gasteiger partial charge in [-0.05, 0) is 43.5 Å². The van der Waals surface area contributed by atoms with Gasteiger partial charge in [-0.1, -0.05) is 61.3 Å². The number of carbonyl (C=O) groups excluding carboxylic acids is 2. The maximum Gasteiger partial charge on any atom is 0.242 e. The lowest BCUT2D eigenvalue weighted by Gasteiger charge is -2.29. The molecule has 2 aromatic rings. The summed E-state index contributed by atoms with van der Waals surface area (Å²) in [5.41, 5.74) is 1.37. The van der Waals surface area contributed by atoms with E-state index in [9.17, 15) is 18.0 Å². The molecule has 0 aliphatic carbocycles. The number of unbranched alkanes of at least 4 members (excludes halogenated alkanes) is 1. The van der Waals surface area contributed by atoms with E-state index in [1.807, 2.05) is 37.3 Å². The van der Waals surface area contributed by atoms with Crippen LogP contribution in [-0.2, 0) is 26.2 Å². The number of hydrogen-bond acceptors (Lipinski definition) is 4. The van der Waals surface area contributed by atoms with E-state index in [1.54, 1.807) is 36.1 Å². The van der Waals surface area contributed by atoms with Gasteiger partial charge < -0.3 is 10.2 Å². The van der Waals surface area contributed by atoms with E-state index in [0.717, 1.165) is 24.7 Å². The van der Waals surface area contributed by atoms with Gasteiger partial charge in [0.25, 0.3) is 0 Å². The Morgan fingerprint density at radius 2 is 1.76 bits per heavy atom. The van der Waals surface area contributed by atoms with Crippen molar-refractivity contribution in [3.05, 3.63) is 65.2 Å². The summed E-state index contributed by atoms with van der Waals surface area (Å²) in [5.74, 6) is -0.407. The Balaban J connectivity index is 2.11. The number of hydrogen-bond donors (Lipinski definition) is 1. The van der Waals surface area contributed by atoms with Crippen LogP contribution in [0.2, 0.25) is 5.02 Å². The summed E-state index contributed by atoms with van der Waals surface area (Å²) in [6.45, 7) is 4.75. The van der Waals surface area contributed by atoms with Crippen molar-refractivity contribution in [3.8, 4) is 0 Å². The van der Waals surface area contributed by atoms with Crippen LogP contribution in [0.15, 0.2) is 54.6 Å². The molecule has 0 aliphatic rings. The number of amides is 2. The zero-order chi connectivity index (χ0) is 25.1. The van der Waals surface area contributed by atoms with E-state index < -0.39 is 16.1 Å². The Kier molecular flexibility index (Phi) is 10.9. The SMILES string of the molecule is CCCCNC(=O)C(C)N(Cc1ccccc1)C(=O)CCCN(c1cccc(Cl)c1)S(C)(=O)=O. The molecule has 0 bridgehead atoms. The van der Waals surface area contributed by atoms with E-state index in [4.69, 9.17) is 11.6 Å². The van der Waals surface area contributed by atoms with E-state index >= 15 is 0 Å². The highest BCUT2D eigenvalue weighted by Crippen LogP contribution is 2.22. The van der Waals surface area contributed by atoms with Crippen molar-refractivity contribution >= 4 is 39.1 Å². The minimum Gasteiger partial charge on any atom is -0.354 e. The summed E-state index contributed by atoms with van der Waals surface area (Å²) in [7, 11) is -3.56. The van der Waals surface area contributed by atoms with Crippen molar-refractivity contribution in [2.45, 2.75) is 52.1 Å². The van der Waals surface area contributed by atoms with Crippen LogP contribution >= 0.6 is 11.6 Å². The number of sulfonamides is 1. The van der Waals surface area contributed by atoms with Crippen molar-refractivity contribution in [3.63, 3.8) is 0 Å². The molecule has 0 fully saturated rings. The van der Waals surface area contributed by atoms with Crippen molar-refractivity contribution in [2.24, 2.45) is 0 Å². The molecule has 2 amide bonds. The van der Waals surface area contributed by atoms with Gasteiger partial charge in [0.2, 0.25) is 21.8 Å². The van der Waals surface area contributed by atoms with Gasteiger partial charge in [0, 0.05) is 31.1 Å². The van der Waals surface area contributed by atoms with Gasteiger partial charge in [0.1, 0.15) is 6.04 Å². The van der Waals surface area contributed by atoms with Gasteiger partial charge in [-0.25, -0.2) is 8.42 Å². The Morgan fingerprint density at radius 3 is 2.38 bits per heavy atom. The fourth-order valence-corrected chi connectivity index (χ4v) is 4.68. The van der Waals surface area contributed by atoms with Crippen LogP contribution in [0.5, 0.6) is 0 Å². The predicted octanol–water partition coefficient (Wildman–Crippen LogP) is 4.22. The van der Waals surface area contributed by atoms with Crippen molar-refractivity contribution in [1.82, 2.24) is 10.2 Å². The lowest BCUT2D eigenvalue weighted by Crippen LogP contribution is -2.47. The van der Waals surface area contributed by atoms with E-state index in [2.05, 4.69) is 5.32 Å². The zero-order valence-corrected chi connectivity index (χ0v) is 21.6. The largest absolute Gasteiger partial charge is 0.354 e. The first-order valence-electron chi connectivity index (χ1n) is 11.5. The van der Waals surface area contributed by atoms with E-state index in [1.165, 1.54) is 4.31 Å². The number of anilines is 1. The second-order valence-electron chi connectivity index (χ2n) is 8.25. The summed E-state index contributed by atoms with van der Waals surface area (Å²) in [5, 5.41) is 3.32. The third-order valence-corrected chi connectivity index (χ3v) is 6.87. The standard InChI is InChI=1S/C25H34ClN3O4S/c1-4-5-16-27-25(31)20(2)28(19-21-11-7-6-8-12-21)24(30)15-10-17-29(34(3,32)33)23-14-9-13-22(26)18-23/h6-9,11-14,18,20H,4-5,10,15-17,19H2,1-3H3,(H,27,31). The fourth-order valence-electron chi connectivity index (χ4n) is 3.53. The molecule has 34 heavy (non-hydrogen) atoms. The quantitative estimate of drug-likeness (QED) is 0.411. The number of nitrogens with one attached hydrogen (secondary N) is 1. The molecule has 0 spiro atoms. The first-order valence-corrected chi connectivity index (χ1v) is 13.7. The zero-order valence-electron chi connectivity index (χ0n) is 20.0. The Morgan fingerprint density at radius 1 is 1.06 bits per heavy atom. The number of rotatable bonds is 13. The van der Waals surface area contributed by atoms with Crippen LogP contribution in [0.4, 0.5) is 5.69 Å². The molecule has 0 radical (unpaired) electrons. The molecular weight excluding hydrogens is 474 g/mol. The summed E-state index contributed by atoms with van der Waals surface area (Å²) in [6.07, 6.45) is 3.36. The molecule has 1 atom stereocenters. The summed E-state index contributed by atoms with van der Waals surface area (Å²) in [6, 6.07) is 15.4. The first kappa shape index (κ1) is 27.7. The first-order chi connectivity index (χ1) is 16.1. The smallest absolute Gasteiger partial charge is 0.242 e. The maximum atomic E-state index is 13.2. The molecule has 0 saturated heterocycles. The lowest BCUT2D eigenvalue weighted by molar-refractivity contribution is -0.140. The number of benzene rings is 2. The predicted molar refractivity (Wildman–Crippen MR) is 137 cm³/mol.